The fourth-order valence-electron chi connectivity index (χ4n) is 2.90. The van der Waals surface area contributed by atoms with Crippen LogP contribution in [0, 0.1) is 17.3 Å². The van der Waals surface area contributed by atoms with Crippen LogP contribution in [0.25, 0.3) is 0 Å². The molecule has 1 rings (SSSR count). The first-order valence-corrected chi connectivity index (χ1v) is 11.8. The van der Waals surface area contributed by atoms with Gasteiger partial charge in [0.1, 0.15) is 11.4 Å². The Labute approximate surface area is 164 Å². The molecule has 27 heavy (non-hydrogen) atoms. The van der Waals surface area contributed by atoms with E-state index in [9.17, 15) is 14.2 Å². The average molecular weight is 404 g/mol. The van der Waals surface area contributed by atoms with Crippen molar-refractivity contribution in [3.8, 4) is 0 Å². The molecule has 0 aliphatic heterocycles. The third kappa shape index (κ3) is 6.69. The molecule has 2 unspecified atom stereocenters. The van der Waals surface area contributed by atoms with E-state index < -0.39 is 18.7 Å². The maximum absolute atomic E-state index is 13.7. The SMILES string of the molecule is CCOC(=O)C1(C)CCC(=O)C(P(=O)(OC[C@@H](C)CC)OC[C@@H](C)CC)C1. The zero-order valence-electron chi connectivity index (χ0n) is 17.8. The van der Waals surface area contributed by atoms with Gasteiger partial charge in [0.25, 0.3) is 0 Å². The zero-order valence-corrected chi connectivity index (χ0v) is 18.7. The fourth-order valence-corrected chi connectivity index (χ4v) is 5.37. The summed E-state index contributed by atoms with van der Waals surface area (Å²) in [5.74, 6) is -0.0763. The van der Waals surface area contributed by atoms with Gasteiger partial charge < -0.3 is 13.8 Å². The number of Topliss-reactive ketones (excluding diaryl/α,β-unsaturated/α-hetero) is 1. The summed E-state index contributed by atoms with van der Waals surface area (Å²) < 4.78 is 30.4. The Kier molecular flexibility index (Phi) is 9.67. The molecule has 7 heteroatoms. The number of esters is 1. The first-order valence-electron chi connectivity index (χ1n) is 10.2. The van der Waals surface area contributed by atoms with E-state index in [0.717, 1.165) is 12.8 Å². The lowest BCUT2D eigenvalue weighted by Crippen LogP contribution is -2.42. The molecule has 0 aromatic carbocycles. The van der Waals surface area contributed by atoms with Gasteiger partial charge in [0.2, 0.25) is 0 Å². The summed E-state index contributed by atoms with van der Waals surface area (Å²) in [6, 6.07) is 0. The van der Waals surface area contributed by atoms with Gasteiger partial charge >= 0.3 is 13.6 Å². The molecule has 0 heterocycles. The predicted octanol–water partition coefficient (Wildman–Crippen LogP) is 5.00. The normalized spacial score (nSPS) is 25.9. The van der Waals surface area contributed by atoms with E-state index in [1.54, 1.807) is 13.8 Å². The zero-order chi connectivity index (χ0) is 20.7. The van der Waals surface area contributed by atoms with Gasteiger partial charge in [-0.05, 0) is 38.5 Å². The third-order valence-corrected chi connectivity index (χ3v) is 7.81. The van der Waals surface area contributed by atoms with Crippen LogP contribution in [0.4, 0.5) is 0 Å². The molecular weight excluding hydrogens is 367 g/mol. The molecule has 0 N–H and O–H groups in total. The lowest BCUT2D eigenvalue weighted by atomic mass is 9.75. The van der Waals surface area contributed by atoms with Crippen LogP contribution in [0.5, 0.6) is 0 Å². The quantitative estimate of drug-likeness (QED) is 0.356. The summed E-state index contributed by atoms with van der Waals surface area (Å²) in [6.45, 7) is 12.4. The summed E-state index contributed by atoms with van der Waals surface area (Å²) in [7, 11) is -3.68. The Hall–Kier alpha value is -0.710. The van der Waals surface area contributed by atoms with Gasteiger partial charge in [-0.25, -0.2) is 0 Å². The van der Waals surface area contributed by atoms with Crippen molar-refractivity contribution in [2.45, 2.75) is 79.3 Å². The maximum Gasteiger partial charge on any atom is 0.341 e. The minimum Gasteiger partial charge on any atom is -0.466 e. The van der Waals surface area contributed by atoms with Crippen molar-refractivity contribution in [3.05, 3.63) is 0 Å². The molecule has 0 aromatic heterocycles. The Morgan fingerprint density at radius 2 is 1.67 bits per heavy atom. The second-order valence-corrected chi connectivity index (χ2v) is 10.3. The molecule has 0 aromatic rings. The standard InChI is InChI=1S/C20H37O6P/c1-7-15(4)13-25-27(23,26-14-16(5)8-2)18-12-20(6,11-10-17(18)21)19(22)24-9-3/h15-16,18H,7-14H2,1-6H3/t15-,16-,18?,20?/m0/s1. The van der Waals surface area contributed by atoms with Gasteiger partial charge in [-0.3, -0.25) is 14.2 Å². The van der Waals surface area contributed by atoms with Crippen molar-refractivity contribution in [1.82, 2.24) is 0 Å². The van der Waals surface area contributed by atoms with Crippen LogP contribution in [0.2, 0.25) is 0 Å². The monoisotopic (exact) mass is 404 g/mol. The van der Waals surface area contributed by atoms with E-state index in [4.69, 9.17) is 13.8 Å². The summed E-state index contributed by atoms with van der Waals surface area (Å²) in [6.07, 6.45) is 2.49. The summed E-state index contributed by atoms with van der Waals surface area (Å²) in [5, 5.41) is 0. The topological polar surface area (TPSA) is 78.9 Å². The third-order valence-electron chi connectivity index (χ3n) is 5.56. The molecule has 0 bridgehead atoms. The molecule has 1 aliphatic rings. The van der Waals surface area contributed by atoms with Gasteiger partial charge in [-0.1, -0.05) is 40.5 Å². The van der Waals surface area contributed by atoms with Crippen LogP contribution in [-0.2, 0) is 27.9 Å². The number of ketones is 1. The van der Waals surface area contributed by atoms with Crippen LogP contribution < -0.4 is 0 Å². The second kappa shape index (κ2) is 10.7. The molecule has 0 amide bonds. The van der Waals surface area contributed by atoms with Crippen LogP contribution in [-0.4, -0.2) is 37.2 Å². The van der Waals surface area contributed by atoms with E-state index >= 15 is 0 Å². The lowest BCUT2D eigenvalue weighted by molar-refractivity contribution is -0.156. The Bertz CT molecular complexity index is 531. The minimum atomic E-state index is -3.68. The predicted molar refractivity (Wildman–Crippen MR) is 106 cm³/mol. The largest absolute Gasteiger partial charge is 0.466 e. The number of ether oxygens (including phenoxy) is 1. The first kappa shape index (κ1) is 24.3. The summed E-state index contributed by atoms with van der Waals surface area (Å²) >= 11 is 0. The van der Waals surface area contributed by atoms with Crippen LogP contribution in [0.1, 0.15) is 73.6 Å². The van der Waals surface area contributed by atoms with E-state index in [0.29, 0.717) is 6.42 Å². The Morgan fingerprint density at radius 1 is 1.15 bits per heavy atom. The van der Waals surface area contributed by atoms with Gasteiger partial charge in [0.05, 0.1) is 25.2 Å². The van der Waals surface area contributed by atoms with E-state index in [1.807, 2.05) is 27.7 Å². The number of carbonyl (C=O) groups is 2. The number of hydrogen-bond donors (Lipinski definition) is 0. The second-order valence-electron chi connectivity index (χ2n) is 8.13. The lowest BCUT2D eigenvalue weighted by Gasteiger charge is -2.38. The molecule has 1 aliphatic carbocycles. The smallest absolute Gasteiger partial charge is 0.341 e. The highest BCUT2D eigenvalue weighted by molar-refractivity contribution is 7.55. The summed E-state index contributed by atoms with van der Waals surface area (Å²) in [4.78, 5) is 25.1. The van der Waals surface area contributed by atoms with Crippen molar-refractivity contribution in [1.29, 1.82) is 0 Å². The molecule has 6 nitrogen and oxygen atoms in total. The number of rotatable bonds is 11. The highest BCUT2D eigenvalue weighted by Crippen LogP contribution is 2.59. The molecule has 0 radical (unpaired) electrons. The first-order chi connectivity index (χ1) is 12.6. The number of hydrogen-bond acceptors (Lipinski definition) is 6. The molecule has 158 valence electrons. The molecule has 4 atom stereocenters. The molecular formula is C20H37O6P. The Balaban J connectivity index is 3.06. The van der Waals surface area contributed by atoms with Crippen LogP contribution >= 0.6 is 7.60 Å². The van der Waals surface area contributed by atoms with E-state index in [2.05, 4.69) is 0 Å². The molecule has 0 spiro atoms. The van der Waals surface area contributed by atoms with Gasteiger partial charge in [0, 0.05) is 6.42 Å². The van der Waals surface area contributed by atoms with Crippen molar-refractivity contribution in [2.75, 3.05) is 19.8 Å². The van der Waals surface area contributed by atoms with Gasteiger partial charge in [-0.2, -0.15) is 0 Å². The van der Waals surface area contributed by atoms with Crippen LogP contribution in [0.3, 0.4) is 0 Å². The van der Waals surface area contributed by atoms with Crippen LogP contribution in [0.15, 0.2) is 0 Å². The maximum atomic E-state index is 13.7. The molecule has 0 saturated heterocycles. The Morgan fingerprint density at radius 3 is 2.11 bits per heavy atom. The highest BCUT2D eigenvalue weighted by atomic mass is 31.2. The van der Waals surface area contributed by atoms with Crippen molar-refractivity contribution in [3.63, 3.8) is 0 Å². The van der Waals surface area contributed by atoms with Crippen molar-refractivity contribution in [2.24, 2.45) is 17.3 Å². The molecule has 1 saturated carbocycles. The summed E-state index contributed by atoms with van der Waals surface area (Å²) in [5.41, 5.74) is -1.75. The fraction of sp³-hybridized carbons (Fsp3) is 0.900. The average Bonchev–Trinajstić information content (AvgIpc) is 2.66. The van der Waals surface area contributed by atoms with E-state index in [1.165, 1.54) is 0 Å². The number of carbonyl (C=O) groups excluding carboxylic acids is 2. The van der Waals surface area contributed by atoms with Crippen molar-refractivity contribution < 1.29 is 27.9 Å². The van der Waals surface area contributed by atoms with Crippen molar-refractivity contribution >= 4 is 19.3 Å². The van der Waals surface area contributed by atoms with Gasteiger partial charge in [-0.15, -0.1) is 0 Å². The molecule has 1 fully saturated rings. The highest BCUT2D eigenvalue weighted by Gasteiger charge is 2.51. The van der Waals surface area contributed by atoms with E-state index in [-0.39, 0.29) is 56.3 Å². The van der Waals surface area contributed by atoms with Gasteiger partial charge in [0.15, 0.2) is 0 Å². The minimum absolute atomic E-state index is 0.142.